The van der Waals surface area contributed by atoms with Gasteiger partial charge in [0.2, 0.25) is 0 Å². The fourth-order valence-corrected chi connectivity index (χ4v) is 4.01. The van der Waals surface area contributed by atoms with Crippen molar-refractivity contribution in [2.45, 2.75) is 69.6 Å². The number of nitrogens with zero attached hydrogens (tertiary/aromatic N) is 3. The summed E-state index contributed by atoms with van der Waals surface area (Å²) in [5.74, 6) is -8.27. The van der Waals surface area contributed by atoms with Crippen molar-refractivity contribution >= 4 is 17.9 Å². The van der Waals surface area contributed by atoms with Gasteiger partial charge in [-0.25, -0.2) is 14.4 Å². The van der Waals surface area contributed by atoms with Crippen molar-refractivity contribution in [2.75, 3.05) is 19.7 Å². The lowest BCUT2D eigenvalue weighted by Crippen LogP contribution is -2.43. The Labute approximate surface area is 260 Å². The predicted molar refractivity (Wildman–Crippen MR) is 141 cm³/mol. The number of alkyl halides is 9. The van der Waals surface area contributed by atoms with Crippen LogP contribution in [0.5, 0.6) is 0 Å². The first kappa shape index (κ1) is 41.0. The molecular formula is C27H30F9N3O8. The molecule has 264 valence electrons. The van der Waals surface area contributed by atoms with Crippen LogP contribution >= 0.6 is 0 Å². The monoisotopic (exact) mass is 695 g/mol. The van der Waals surface area contributed by atoms with Crippen LogP contribution in [0.15, 0.2) is 42.7 Å². The third kappa shape index (κ3) is 16.4. The molecule has 2 fully saturated rings. The maximum absolute atomic E-state index is 10.6. The normalized spacial score (nSPS) is 17.6. The van der Waals surface area contributed by atoms with Gasteiger partial charge in [0.1, 0.15) is 0 Å². The Balaban J connectivity index is 0.000000430. The smallest absolute Gasteiger partial charge is 0.475 e. The number of carboxylic acids is 3. The van der Waals surface area contributed by atoms with Gasteiger partial charge < -0.3 is 24.8 Å². The number of hydrogen-bond acceptors (Lipinski definition) is 8. The lowest BCUT2D eigenvalue weighted by Gasteiger charge is -2.38. The van der Waals surface area contributed by atoms with E-state index in [1.54, 1.807) is 0 Å². The highest BCUT2D eigenvalue weighted by Crippen LogP contribution is 2.37. The SMILES string of the molecule is Cc1cccc(COC2COC3(CCN(Cc4cccnc4)CC3)C2)n1.O=C(O)C(F)(F)F.O=C(O)C(F)(F)F.O=C(O)C(F)(F)F. The average molecular weight is 696 g/mol. The number of aliphatic carboxylic acids is 3. The zero-order valence-corrected chi connectivity index (χ0v) is 24.4. The van der Waals surface area contributed by atoms with Crippen molar-refractivity contribution in [3.63, 3.8) is 0 Å². The van der Waals surface area contributed by atoms with Crippen molar-refractivity contribution in [2.24, 2.45) is 0 Å². The highest BCUT2D eigenvalue weighted by molar-refractivity contribution is 5.73. The Bertz CT molecular complexity index is 1230. The predicted octanol–water partition coefficient (Wildman–Crippen LogP) is 5.03. The van der Waals surface area contributed by atoms with Crippen LogP contribution in [0.25, 0.3) is 0 Å². The second-order valence-electron chi connectivity index (χ2n) is 9.95. The van der Waals surface area contributed by atoms with Crippen molar-refractivity contribution in [3.8, 4) is 0 Å². The Morgan fingerprint density at radius 3 is 1.83 bits per heavy atom. The Morgan fingerprint density at radius 2 is 1.40 bits per heavy atom. The molecule has 2 aromatic heterocycles. The van der Waals surface area contributed by atoms with Gasteiger partial charge in [0, 0.05) is 44.1 Å². The first-order chi connectivity index (χ1) is 21.5. The number of aromatic nitrogens is 2. The molecule has 2 aliphatic rings. The molecule has 11 nitrogen and oxygen atoms in total. The zero-order valence-electron chi connectivity index (χ0n) is 24.4. The molecule has 0 aromatic carbocycles. The first-order valence-corrected chi connectivity index (χ1v) is 13.2. The summed E-state index contributed by atoms with van der Waals surface area (Å²) < 4.78 is 108. The maximum atomic E-state index is 10.6. The Kier molecular flexibility index (Phi) is 15.5. The fourth-order valence-electron chi connectivity index (χ4n) is 4.01. The van der Waals surface area contributed by atoms with Crippen LogP contribution in [0, 0.1) is 6.92 Å². The summed E-state index contributed by atoms with van der Waals surface area (Å²) in [6.07, 6.45) is -8.12. The molecule has 2 saturated heterocycles. The number of rotatable bonds is 5. The van der Waals surface area contributed by atoms with Crippen LogP contribution in [0.2, 0.25) is 0 Å². The Hall–Kier alpha value is -4.04. The van der Waals surface area contributed by atoms with Crippen LogP contribution < -0.4 is 0 Å². The van der Waals surface area contributed by atoms with E-state index >= 15 is 0 Å². The molecule has 0 radical (unpaired) electrons. The van der Waals surface area contributed by atoms with E-state index in [2.05, 4.69) is 20.9 Å². The standard InChI is InChI=1S/C21H27N3O2.3C2HF3O2/c1-17-4-2-6-19(23-17)15-25-20-12-21(26-16-20)7-10-24(11-8-21)14-18-5-3-9-22-13-18;3*3-2(4,5)1(6)7/h2-6,9,13,20H,7-8,10-12,14-16H2,1H3;3*(H,6,7). The quantitative estimate of drug-likeness (QED) is 0.361. The van der Waals surface area contributed by atoms with E-state index in [-0.39, 0.29) is 11.7 Å². The van der Waals surface area contributed by atoms with Gasteiger partial charge in [0.05, 0.1) is 30.6 Å². The number of likely N-dealkylation sites (tertiary alicyclic amines) is 1. The molecule has 0 saturated carbocycles. The third-order valence-electron chi connectivity index (χ3n) is 6.21. The summed E-state index contributed by atoms with van der Waals surface area (Å²) >= 11 is 0. The largest absolute Gasteiger partial charge is 0.490 e. The molecule has 4 heterocycles. The van der Waals surface area contributed by atoms with Gasteiger partial charge in [-0.05, 0) is 43.5 Å². The molecule has 47 heavy (non-hydrogen) atoms. The van der Waals surface area contributed by atoms with Gasteiger partial charge >= 0.3 is 36.4 Å². The summed E-state index contributed by atoms with van der Waals surface area (Å²) in [6.45, 7) is 6.40. The molecule has 1 atom stereocenters. The van der Waals surface area contributed by atoms with Crippen molar-refractivity contribution in [1.82, 2.24) is 14.9 Å². The summed E-state index contributed by atoms with van der Waals surface area (Å²) in [5, 5.41) is 21.4. The summed E-state index contributed by atoms with van der Waals surface area (Å²) in [4.78, 5) is 37.9. The molecule has 0 bridgehead atoms. The number of piperidine rings is 1. The van der Waals surface area contributed by atoms with E-state index in [1.165, 1.54) is 5.56 Å². The van der Waals surface area contributed by atoms with Gasteiger partial charge in [-0.15, -0.1) is 0 Å². The van der Waals surface area contributed by atoms with Crippen LogP contribution in [-0.4, -0.2) is 98.0 Å². The zero-order chi connectivity index (χ0) is 36.1. The van der Waals surface area contributed by atoms with E-state index < -0.39 is 36.4 Å². The summed E-state index contributed by atoms with van der Waals surface area (Å²) in [6, 6.07) is 10.2. The minimum Gasteiger partial charge on any atom is -0.475 e. The van der Waals surface area contributed by atoms with E-state index in [9.17, 15) is 39.5 Å². The van der Waals surface area contributed by atoms with Crippen LogP contribution in [0.1, 0.15) is 36.2 Å². The summed E-state index contributed by atoms with van der Waals surface area (Å²) in [5.41, 5.74) is 3.32. The number of hydrogen-bond donors (Lipinski definition) is 3. The number of halogens is 9. The maximum Gasteiger partial charge on any atom is 0.490 e. The highest BCUT2D eigenvalue weighted by Gasteiger charge is 2.43. The van der Waals surface area contributed by atoms with Crippen molar-refractivity contribution < 1.29 is 78.7 Å². The number of ether oxygens (including phenoxy) is 2. The molecule has 1 spiro atoms. The molecule has 2 aliphatic heterocycles. The number of carbonyl (C=O) groups is 3. The third-order valence-corrected chi connectivity index (χ3v) is 6.21. The van der Waals surface area contributed by atoms with E-state index in [0.717, 1.165) is 50.3 Å². The van der Waals surface area contributed by atoms with Gasteiger partial charge in [-0.2, -0.15) is 39.5 Å². The lowest BCUT2D eigenvalue weighted by molar-refractivity contribution is -0.193. The summed E-state index contributed by atoms with van der Waals surface area (Å²) in [7, 11) is 0. The minimum absolute atomic E-state index is 0.0101. The molecule has 4 rings (SSSR count). The van der Waals surface area contributed by atoms with Crippen molar-refractivity contribution in [3.05, 3.63) is 59.7 Å². The molecule has 2 aromatic rings. The first-order valence-electron chi connectivity index (χ1n) is 13.2. The topological polar surface area (TPSA) is 159 Å². The minimum atomic E-state index is -5.08. The number of aryl methyl sites for hydroxylation is 1. The van der Waals surface area contributed by atoms with Gasteiger partial charge in [0.15, 0.2) is 0 Å². The average Bonchev–Trinajstić information content (AvgIpc) is 3.36. The molecular weight excluding hydrogens is 665 g/mol. The van der Waals surface area contributed by atoms with Gasteiger partial charge in [-0.3, -0.25) is 14.9 Å². The van der Waals surface area contributed by atoms with E-state index in [4.69, 9.17) is 39.2 Å². The fraction of sp³-hybridized carbons (Fsp3) is 0.519. The molecule has 0 aliphatic carbocycles. The van der Waals surface area contributed by atoms with Crippen LogP contribution in [0.4, 0.5) is 39.5 Å². The molecule has 1 unspecified atom stereocenters. The van der Waals surface area contributed by atoms with Gasteiger partial charge in [-0.1, -0.05) is 12.1 Å². The van der Waals surface area contributed by atoms with E-state index in [0.29, 0.717) is 13.2 Å². The second-order valence-corrected chi connectivity index (χ2v) is 9.95. The number of carboxylic acid groups (broad SMARTS) is 3. The van der Waals surface area contributed by atoms with Crippen molar-refractivity contribution in [1.29, 1.82) is 0 Å². The second kappa shape index (κ2) is 17.8. The van der Waals surface area contributed by atoms with Crippen LogP contribution in [-0.2, 0) is 37.0 Å². The number of pyridine rings is 2. The molecule has 3 N–H and O–H groups in total. The van der Waals surface area contributed by atoms with Gasteiger partial charge in [0.25, 0.3) is 0 Å². The molecule has 20 heteroatoms. The van der Waals surface area contributed by atoms with Crippen LogP contribution in [0.3, 0.4) is 0 Å². The highest BCUT2D eigenvalue weighted by atomic mass is 19.4. The molecule has 0 amide bonds. The lowest BCUT2D eigenvalue weighted by atomic mass is 9.88. The van der Waals surface area contributed by atoms with E-state index in [1.807, 2.05) is 43.6 Å². The Morgan fingerprint density at radius 1 is 0.894 bits per heavy atom.